The van der Waals surface area contributed by atoms with Crippen molar-refractivity contribution in [2.45, 2.75) is 25.4 Å². The first-order valence-electron chi connectivity index (χ1n) is 6.31. The highest BCUT2D eigenvalue weighted by Crippen LogP contribution is 2.38. The van der Waals surface area contributed by atoms with E-state index in [1.807, 2.05) is 24.3 Å². The maximum Gasteiger partial charge on any atom is 0.187 e. The minimum Gasteiger partial charge on any atom is -0.376 e. The summed E-state index contributed by atoms with van der Waals surface area (Å²) in [6.07, 6.45) is 3.55. The van der Waals surface area contributed by atoms with E-state index in [4.69, 9.17) is 4.74 Å². The third kappa shape index (κ3) is 2.83. The Kier molecular flexibility index (Phi) is 3.86. The third-order valence-electron chi connectivity index (χ3n) is 3.28. The summed E-state index contributed by atoms with van der Waals surface area (Å²) >= 11 is 5.15. The van der Waals surface area contributed by atoms with Crippen LogP contribution in [-0.4, -0.2) is 12.1 Å². The molecule has 1 aromatic heterocycles. The van der Waals surface area contributed by atoms with Gasteiger partial charge in [-0.3, -0.25) is 0 Å². The van der Waals surface area contributed by atoms with Crippen LogP contribution in [0.4, 0.5) is 10.8 Å². The van der Waals surface area contributed by atoms with Crippen LogP contribution in [0.5, 0.6) is 0 Å². The zero-order valence-electron chi connectivity index (χ0n) is 10.6. The lowest BCUT2D eigenvalue weighted by molar-refractivity contribution is 0.0908. The maximum absolute atomic E-state index is 5.53. The second-order valence-electron chi connectivity index (χ2n) is 4.58. The summed E-state index contributed by atoms with van der Waals surface area (Å²) < 4.78 is 6.61. The van der Waals surface area contributed by atoms with Gasteiger partial charge < -0.3 is 10.1 Å². The highest BCUT2D eigenvalue weighted by atomic mass is 79.9. The molecule has 1 aliphatic rings. The molecule has 0 aliphatic heterocycles. The second-order valence-corrected chi connectivity index (χ2v) is 6.52. The predicted octanol–water partition coefficient (Wildman–Crippen LogP) is 4.67. The first-order valence-corrected chi connectivity index (χ1v) is 7.92. The highest BCUT2D eigenvalue weighted by Gasteiger charge is 2.24. The lowest BCUT2D eigenvalue weighted by atomic mass is 10.0. The summed E-state index contributed by atoms with van der Waals surface area (Å²) in [5, 5.41) is 4.32. The van der Waals surface area contributed by atoms with E-state index in [0.717, 1.165) is 34.6 Å². The summed E-state index contributed by atoms with van der Waals surface area (Å²) in [5.74, 6) is 0. The van der Waals surface area contributed by atoms with E-state index < -0.39 is 0 Å². The molecule has 100 valence electrons. The predicted molar refractivity (Wildman–Crippen MR) is 82.2 cm³/mol. The molecule has 0 amide bonds. The maximum atomic E-state index is 5.53. The quantitative estimate of drug-likeness (QED) is 0.882. The molecule has 3 rings (SSSR count). The number of fused-ring (bicyclic) bond motifs is 1. The SMILES string of the molecule is COC1CCCc2nc(Nc3ccc(Br)cc3)sc21. The molecule has 0 radical (unpaired) electrons. The first kappa shape index (κ1) is 13.1. The van der Waals surface area contributed by atoms with E-state index in [0.29, 0.717) is 0 Å². The monoisotopic (exact) mass is 338 g/mol. The summed E-state index contributed by atoms with van der Waals surface area (Å²) in [7, 11) is 1.78. The number of methoxy groups -OCH3 is 1. The van der Waals surface area contributed by atoms with Crippen molar-refractivity contribution in [1.29, 1.82) is 0 Å². The number of anilines is 2. The molecule has 1 aliphatic carbocycles. The molecule has 3 nitrogen and oxygen atoms in total. The van der Waals surface area contributed by atoms with Gasteiger partial charge in [-0.15, -0.1) is 0 Å². The van der Waals surface area contributed by atoms with Crippen LogP contribution < -0.4 is 5.32 Å². The largest absolute Gasteiger partial charge is 0.376 e. The summed E-state index contributed by atoms with van der Waals surface area (Å²) in [4.78, 5) is 5.97. The normalized spacial score (nSPS) is 18.1. The van der Waals surface area contributed by atoms with Crippen molar-refractivity contribution in [3.63, 3.8) is 0 Å². The molecule has 1 heterocycles. The number of nitrogens with zero attached hydrogens (tertiary/aromatic N) is 1. The molecule has 1 atom stereocenters. The number of thiazole rings is 1. The molecular formula is C14H15BrN2OS. The smallest absolute Gasteiger partial charge is 0.187 e. The minimum atomic E-state index is 0.224. The lowest BCUT2D eigenvalue weighted by Crippen LogP contribution is -2.08. The van der Waals surface area contributed by atoms with Gasteiger partial charge in [0.05, 0.1) is 16.7 Å². The fourth-order valence-corrected chi connectivity index (χ4v) is 3.72. The fraction of sp³-hybridized carbons (Fsp3) is 0.357. The first-order chi connectivity index (χ1) is 9.26. The van der Waals surface area contributed by atoms with Crippen LogP contribution in [0.15, 0.2) is 28.7 Å². The van der Waals surface area contributed by atoms with Crippen LogP contribution in [-0.2, 0) is 11.2 Å². The van der Waals surface area contributed by atoms with Gasteiger partial charge in [-0.05, 0) is 43.5 Å². The number of aromatic nitrogens is 1. The van der Waals surface area contributed by atoms with E-state index in [2.05, 4.69) is 26.2 Å². The average Bonchev–Trinajstić information content (AvgIpc) is 2.83. The average molecular weight is 339 g/mol. The number of halogens is 1. The van der Waals surface area contributed by atoms with Gasteiger partial charge in [0.2, 0.25) is 0 Å². The molecular weight excluding hydrogens is 324 g/mol. The molecule has 1 unspecified atom stereocenters. The minimum absolute atomic E-state index is 0.224. The number of aryl methyl sites for hydroxylation is 1. The van der Waals surface area contributed by atoms with Crippen LogP contribution in [0.3, 0.4) is 0 Å². The third-order valence-corrected chi connectivity index (χ3v) is 4.91. The molecule has 0 saturated carbocycles. The fourth-order valence-electron chi connectivity index (χ4n) is 2.32. The Balaban J connectivity index is 1.82. The topological polar surface area (TPSA) is 34.1 Å². The van der Waals surface area contributed by atoms with E-state index in [1.165, 1.54) is 10.6 Å². The van der Waals surface area contributed by atoms with Crippen molar-refractivity contribution in [2.24, 2.45) is 0 Å². The molecule has 19 heavy (non-hydrogen) atoms. The van der Waals surface area contributed by atoms with Crippen molar-refractivity contribution in [3.05, 3.63) is 39.3 Å². The van der Waals surface area contributed by atoms with Gasteiger partial charge in [0, 0.05) is 17.3 Å². The zero-order valence-corrected chi connectivity index (χ0v) is 13.1. The van der Waals surface area contributed by atoms with Gasteiger partial charge in [0.15, 0.2) is 5.13 Å². The van der Waals surface area contributed by atoms with Crippen molar-refractivity contribution < 1.29 is 4.74 Å². The molecule has 1 N–H and O–H groups in total. The van der Waals surface area contributed by atoms with E-state index in [1.54, 1.807) is 18.4 Å². The molecule has 0 fully saturated rings. The van der Waals surface area contributed by atoms with E-state index >= 15 is 0 Å². The molecule has 0 saturated heterocycles. The van der Waals surface area contributed by atoms with Crippen molar-refractivity contribution in [3.8, 4) is 0 Å². The van der Waals surface area contributed by atoms with Crippen LogP contribution in [0.25, 0.3) is 0 Å². The summed E-state index contributed by atoms with van der Waals surface area (Å²) in [6.45, 7) is 0. The zero-order chi connectivity index (χ0) is 13.2. The van der Waals surface area contributed by atoms with Crippen LogP contribution in [0, 0.1) is 0 Å². The van der Waals surface area contributed by atoms with Crippen molar-refractivity contribution in [2.75, 3.05) is 12.4 Å². The van der Waals surface area contributed by atoms with Crippen molar-refractivity contribution in [1.82, 2.24) is 4.98 Å². The summed E-state index contributed by atoms with van der Waals surface area (Å²) in [6, 6.07) is 8.12. The standard InChI is InChI=1S/C14H15BrN2OS/c1-18-12-4-2-3-11-13(12)19-14(17-11)16-10-7-5-9(15)6-8-10/h5-8,12H,2-4H2,1H3,(H,16,17). The Labute approximate surface area is 125 Å². The number of hydrogen-bond acceptors (Lipinski definition) is 4. The number of benzene rings is 1. The Morgan fingerprint density at radius 3 is 2.89 bits per heavy atom. The lowest BCUT2D eigenvalue weighted by Gasteiger charge is -2.18. The van der Waals surface area contributed by atoms with Gasteiger partial charge in [-0.1, -0.05) is 27.3 Å². The Hall–Kier alpha value is -0.910. The highest BCUT2D eigenvalue weighted by molar-refractivity contribution is 9.10. The van der Waals surface area contributed by atoms with Gasteiger partial charge in [-0.25, -0.2) is 4.98 Å². The number of nitrogens with one attached hydrogen (secondary N) is 1. The van der Waals surface area contributed by atoms with Crippen LogP contribution >= 0.6 is 27.3 Å². The Morgan fingerprint density at radius 1 is 1.37 bits per heavy atom. The van der Waals surface area contributed by atoms with Gasteiger partial charge in [-0.2, -0.15) is 0 Å². The van der Waals surface area contributed by atoms with Crippen LogP contribution in [0.2, 0.25) is 0 Å². The molecule has 5 heteroatoms. The molecule has 2 aromatic rings. The van der Waals surface area contributed by atoms with Gasteiger partial charge >= 0.3 is 0 Å². The Morgan fingerprint density at radius 2 is 2.16 bits per heavy atom. The second kappa shape index (κ2) is 5.61. The number of hydrogen-bond donors (Lipinski definition) is 1. The molecule has 1 aromatic carbocycles. The molecule has 0 spiro atoms. The van der Waals surface area contributed by atoms with Gasteiger partial charge in [0.1, 0.15) is 0 Å². The number of rotatable bonds is 3. The van der Waals surface area contributed by atoms with E-state index in [9.17, 15) is 0 Å². The summed E-state index contributed by atoms with van der Waals surface area (Å²) in [5.41, 5.74) is 2.26. The van der Waals surface area contributed by atoms with E-state index in [-0.39, 0.29) is 6.10 Å². The molecule has 0 bridgehead atoms. The number of ether oxygens (including phenoxy) is 1. The van der Waals surface area contributed by atoms with Crippen molar-refractivity contribution >= 4 is 38.1 Å². The van der Waals surface area contributed by atoms with Crippen LogP contribution in [0.1, 0.15) is 29.5 Å². The Bertz CT molecular complexity index is 567. The van der Waals surface area contributed by atoms with Gasteiger partial charge in [0.25, 0.3) is 0 Å².